The third-order valence-corrected chi connectivity index (χ3v) is 5.01. The first kappa shape index (κ1) is 14.4. The smallest absolute Gasteiger partial charge is 0.399 e. The summed E-state index contributed by atoms with van der Waals surface area (Å²) in [6.07, 6.45) is 0. The van der Waals surface area contributed by atoms with Crippen molar-refractivity contribution in [3.05, 3.63) is 28.8 Å². The van der Waals surface area contributed by atoms with Crippen LogP contribution in [0.3, 0.4) is 0 Å². The molecule has 2 heterocycles. The summed E-state index contributed by atoms with van der Waals surface area (Å²) in [6, 6.07) is 6.04. The minimum atomic E-state index is -0.339. The predicted octanol–water partition coefficient (Wildman–Crippen LogP) is 2.33. The second-order valence-corrected chi connectivity index (χ2v) is 7.15. The quantitative estimate of drug-likeness (QED) is 0.849. The molecule has 1 aromatic carbocycles. The van der Waals surface area contributed by atoms with Crippen LogP contribution < -0.4 is 10.8 Å². The molecule has 0 atom stereocenters. The summed E-state index contributed by atoms with van der Waals surface area (Å²) in [6.45, 7) is 10.3. The fraction of sp³-hybridized carbons (Fsp3) is 0.600. The van der Waals surface area contributed by atoms with Gasteiger partial charge in [0.1, 0.15) is 0 Å². The molecule has 1 N–H and O–H groups in total. The van der Waals surface area contributed by atoms with Gasteiger partial charge in [0.2, 0.25) is 0 Å². The molecule has 2 fully saturated rings. The molecule has 3 nitrogen and oxygen atoms in total. The summed E-state index contributed by atoms with van der Waals surface area (Å²) in [5, 5.41) is 4.04. The van der Waals surface area contributed by atoms with E-state index in [0.717, 1.165) is 23.6 Å². The average molecular weight is 294 g/mol. The third kappa shape index (κ3) is 2.29. The van der Waals surface area contributed by atoms with Gasteiger partial charge in [-0.2, -0.15) is 0 Å². The van der Waals surface area contributed by atoms with Crippen LogP contribution in [-0.4, -0.2) is 31.4 Å². The molecule has 0 aliphatic carbocycles. The summed E-state index contributed by atoms with van der Waals surface area (Å²) in [5.41, 5.74) is 1.71. The zero-order valence-corrected chi connectivity index (χ0v) is 13.3. The lowest BCUT2D eigenvalue weighted by atomic mass is 9.72. The van der Waals surface area contributed by atoms with Crippen LogP contribution in [0.1, 0.15) is 39.2 Å². The van der Waals surface area contributed by atoms with Crippen molar-refractivity contribution in [2.45, 2.75) is 44.8 Å². The van der Waals surface area contributed by atoms with Gasteiger partial charge >= 0.3 is 7.12 Å². The van der Waals surface area contributed by atoms with Gasteiger partial charge in [0.05, 0.1) is 11.2 Å². The second kappa shape index (κ2) is 4.74. The van der Waals surface area contributed by atoms with Crippen LogP contribution in [0.5, 0.6) is 0 Å². The van der Waals surface area contributed by atoms with Crippen molar-refractivity contribution in [2.75, 3.05) is 13.1 Å². The molecular formula is C15H21BClNO2. The number of halogens is 1. The highest BCUT2D eigenvalue weighted by Crippen LogP contribution is 2.37. The van der Waals surface area contributed by atoms with Crippen LogP contribution in [0, 0.1) is 0 Å². The monoisotopic (exact) mass is 293 g/mol. The van der Waals surface area contributed by atoms with Gasteiger partial charge in [-0.15, -0.1) is 0 Å². The van der Waals surface area contributed by atoms with E-state index >= 15 is 0 Å². The fourth-order valence-electron chi connectivity index (χ4n) is 2.60. The van der Waals surface area contributed by atoms with Crippen molar-refractivity contribution < 1.29 is 9.31 Å². The zero-order valence-electron chi connectivity index (χ0n) is 12.5. The van der Waals surface area contributed by atoms with Crippen molar-refractivity contribution in [2.24, 2.45) is 0 Å². The van der Waals surface area contributed by atoms with Gasteiger partial charge in [-0.25, -0.2) is 0 Å². The Hall–Kier alpha value is -0.545. The van der Waals surface area contributed by atoms with Crippen LogP contribution in [0.25, 0.3) is 0 Å². The molecule has 0 unspecified atom stereocenters. The Labute approximate surface area is 126 Å². The summed E-state index contributed by atoms with van der Waals surface area (Å²) >= 11 is 6.18. The Balaban J connectivity index is 1.96. The minimum absolute atomic E-state index is 0.324. The molecular weight excluding hydrogens is 272 g/mol. The maximum Gasteiger partial charge on any atom is 0.495 e. The predicted molar refractivity (Wildman–Crippen MR) is 82.8 cm³/mol. The van der Waals surface area contributed by atoms with Crippen LogP contribution in [-0.2, 0) is 9.31 Å². The standard InChI is InChI=1S/C15H21BClNO2/c1-14(2)15(3,4)20-16(19-14)13-7-11(17)5-6-12(13)10-8-18-9-10/h5-7,10,18H,8-9H2,1-4H3. The van der Waals surface area contributed by atoms with E-state index in [2.05, 4.69) is 39.1 Å². The van der Waals surface area contributed by atoms with E-state index in [9.17, 15) is 0 Å². The topological polar surface area (TPSA) is 30.5 Å². The minimum Gasteiger partial charge on any atom is -0.399 e. The van der Waals surface area contributed by atoms with Gasteiger partial charge in [0.15, 0.2) is 0 Å². The first-order valence-corrected chi connectivity index (χ1v) is 7.54. The molecule has 0 radical (unpaired) electrons. The number of hydrogen-bond acceptors (Lipinski definition) is 3. The average Bonchev–Trinajstić information content (AvgIpc) is 2.48. The van der Waals surface area contributed by atoms with Gasteiger partial charge in [-0.3, -0.25) is 0 Å². The Morgan fingerprint density at radius 2 is 1.75 bits per heavy atom. The molecule has 2 aliphatic rings. The fourth-order valence-corrected chi connectivity index (χ4v) is 2.78. The van der Waals surface area contributed by atoms with Crippen LogP contribution >= 0.6 is 11.6 Å². The van der Waals surface area contributed by atoms with Gasteiger partial charge < -0.3 is 14.6 Å². The molecule has 2 aliphatic heterocycles. The van der Waals surface area contributed by atoms with Crippen LogP contribution in [0.15, 0.2) is 18.2 Å². The van der Waals surface area contributed by atoms with Crippen LogP contribution in [0.2, 0.25) is 5.02 Å². The van der Waals surface area contributed by atoms with Crippen molar-refractivity contribution in [1.29, 1.82) is 0 Å². The van der Waals surface area contributed by atoms with Crippen molar-refractivity contribution in [3.63, 3.8) is 0 Å². The maximum atomic E-state index is 6.18. The lowest BCUT2D eigenvalue weighted by Crippen LogP contribution is -2.45. The number of nitrogens with one attached hydrogen (secondary N) is 1. The third-order valence-electron chi connectivity index (χ3n) is 4.78. The molecule has 0 amide bonds. The Morgan fingerprint density at radius 3 is 2.25 bits per heavy atom. The normalized spacial score (nSPS) is 24.8. The molecule has 0 aromatic heterocycles. The highest BCUT2D eigenvalue weighted by atomic mass is 35.5. The van der Waals surface area contributed by atoms with E-state index in [-0.39, 0.29) is 18.3 Å². The summed E-state index contributed by atoms with van der Waals surface area (Å²) in [5.74, 6) is 0.529. The molecule has 0 bridgehead atoms. The molecule has 108 valence electrons. The highest BCUT2D eigenvalue weighted by Gasteiger charge is 2.52. The van der Waals surface area contributed by atoms with E-state index in [1.54, 1.807) is 0 Å². The lowest BCUT2D eigenvalue weighted by molar-refractivity contribution is 0.00578. The van der Waals surface area contributed by atoms with E-state index in [1.807, 2.05) is 12.1 Å². The Bertz CT molecular complexity index is 513. The highest BCUT2D eigenvalue weighted by molar-refractivity contribution is 6.63. The Morgan fingerprint density at radius 1 is 1.15 bits per heavy atom. The largest absolute Gasteiger partial charge is 0.495 e. The molecule has 2 saturated heterocycles. The number of hydrogen-bond donors (Lipinski definition) is 1. The second-order valence-electron chi connectivity index (χ2n) is 6.72. The lowest BCUT2D eigenvalue weighted by Gasteiger charge is -2.32. The van der Waals surface area contributed by atoms with Crippen molar-refractivity contribution in [3.8, 4) is 0 Å². The van der Waals surface area contributed by atoms with Crippen molar-refractivity contribution in [1.82, 2.24) is 5.32 Å². The maximum absolute atomic E-state index is 6.18. The first-order chi connectivity index (χ1) is 9.30. The molecule has 1 aromatic rings. The van der Waals surface area contributed by atoms with E-state index in [0.29, 0.717) is 5.92 Å². The van der Waals surface area contributed by atoms with Gasteiger partial charge in [-0.1, -0.05) is 17.7 Å². The molecule has 20 heavy (non-hydrogen) atoms. The molecule has 0 spiro atoms. The van der Waals surface area contributed by atoms with Gasteiger partial charge in [-0.05, 0) is 50.9 Å². The summed E-state index contributed by atoms with van der Waals surface area (Å²) < 4.78 is 12.3. The van der Waals surface area contributed by atoms with Crippen molar-refractivity contribution >= 4 is 24.2 Å². The van der Waals surface area contributed by atoms with Crippen LogP contribution in [0.4, 0.5) is 0 Å². The molecule has 0 saturated carbocycles. The molecule has 5 heteroatoms. The van der Waals surface area contributed by atoms with Gasteiger partial charge in [0, 0.05) is 24.0 Å². The zero-order chi connectivity index (χ0) is 14.5. The summed E-state index contributed by atoms with van der Waals surface area (Å²) in [4.78, 5) is 0. The summed E-state index contributed by atoms with van der Waals surface area (Å²) in [7, 11) is -0.339. The first-order valence-electron chi connectivity index (χ1n) is 7.16. The number of benzene rings is 1. The number of rotatable bonds is 2. The van der Waals surface area contributed by atoms with E-state index in [1.165, 1.54) is 5.56 Å². The SMILES string of the molecule is CC1(C)OB(c2cc(Cl)ccc2C2CNC2)OC1(C)C. The van der Waals surface area contributed by atoms with Gasteiger partial charge in [0.25, 0.3) is 0 Å². The van der Waals surface area contributed by atoms with E-state index < -0.39 is 0 Å². The Kier molecular flexibility index (Phi) is 3.41. The molecule has 3 rings (SSSR count). The van der Waals surface area contributed by atoms with E-state index in [4.69, 9.17) is 20.9 Å².